The number of hydrogen-bond donors (Lipinski definition) is 1. The normalized spacial score (nSPS) is 20.9. The fourth-order valence-corrected chi connectivity index (χ4v) is 5.86. The van der Waals surface area contributed by atoms with Crippen molar-refractivity contribution >= 4 is 29.1 Å². The van der Waals surface area contributed by atoms with Crippen LogP contribution in [0, 0.1) is 0 Å². The number of thiophene rings is 1. The molecule has 5 rings (SSSR count). The van der Waals surface area contributed by atoms with Gasteiger partial charge >= 0.3 is 0 Å². The summed E-state index contributed by atoms with van der Waals surface area (Å²) < 4.78 is 5.48. The van der Waals surface area contributed by atoms with Crippen molar-refractivity contribution in [3.63, 3.8) is 0 Å². The van der Waals surface area contributed by atoms with Crippen LogP contribution in [-0.2, 0) is 21.5 Å². The Labute approximate surface area is 187 Å². The lowest BCUT2D eigenvalue weighted by molar-refractivity contribution is -0.126. The van der Waals surface area contributed by atoms with Gasteiger partial charge in [-0.1, -0.05) is 18.9 Å². The van der Waals surface area contributed by atoms with Gasteiger partial charge in [0.25, 0.3) is 0 Å². The van der Waals surface area contributed by atoms with Crippen LogP contribution in [0.3, 0.4) is 0 Å². The minimum absolute atomic E-state index is 0.100. The Morgan fingerprint density at radius 3 is 2.32 bits per heavy atom. The van der Waals surface area contributed by atoms with E-state index in [1.54, 1.807) is 11.3 Å². The molecule has 0 aromatic carbocycles. The van der Waals surface area contributed by atoms with Crippen LogP contribution in [0.1, 0.15) is 49.2 Å². The van der Waals surface area contributed by atoms with Crippen molar-refractivity contribution < 1.29 is 9.53 Å². The summed E-state index contributed by atoms with van der Waals surface area (Å²) in [5.41, 5.74) is -0.397. The minimum atomic E-state index is -0.397. The Kier molecular flexibility index (Phi) is 6.04. The fourth-order valence-electron chi connectivity index (χ4n) is 4.88. The number of anilines is 2. The summed E-state index contributed by atoms with van der Waals surface area (Å²) in [6.45, 7) is 5.18. The molecule has 31 heavy (non-hydrogen) atoms. The fraction of sp³-hybridized carbons (Fsp3) is 0.636. The first-order valence-electron chi connectivity index (χ1n) is 11.4. The molecule has 1 N–H and O–H groups in total. The number of nitrogens with zero attached hydrogens (tertiary/aromatic N) is 5. The van der Waals surface area contributed by atoms with Gasteiger partial charge in [-0.05, 0) is 37.1 Å². The van der Waals surface area contributed by atoms with E-state index in [1.807, 2.05) is 6.07 Å². The molecule has 2 aliphatic heterocycles. The Morgan fingerprint density at radius 2 is 1.68 bits per heavy atom. The van der Waals surface area contributed by atoms with Gasteiger partial charge in [0, 0.05) is 31.1 Å². The van der Waals surface area contributed by atoms with Crippen molar-refractivity contribution in [3.8, 4) is 0 Å². The summed E-state index contributed by atoms with van der Waals surface area (Å²) in [6.07, 6.45) is 6.33. The molecule has 9 heteroatoms. The summed E-state index contributed by atoms with van der Waals surface area (Å²) in [5, 5.41) is 5.23. The Morgan fingerprint density at radius 1 is 1.00 bits per heavy atom. The first-order chi connectivity index (χ1) is 15.2. The van der Waals surface area contributed by atoms with Crippen molar-refractivity contribution in [2.75, 3.05) is 49.2 Å². The number of carbonyl (C=O) groups is 1. The number of rotatable bonds is 6. The van der Waals surface area contributed by atoms with Crippen molar-refractivity contribution in [3.05, 3.63) is 28.2 Å². The standard InChI is InChI=1S/C22H30N6O2S/c29-19(22(7-1-2-8-22)17-6-5-15-31-17)23-16-18-24-20(27-9-3-4-10-27)26-21(25-18)28-11-13-30-14-12-28/h5-6,15H,1-4,7-14,16H2,(H,23,29). The van der Waals surface area contributed by atoms with Gasteiger partial charge in [-0.25, -0.2) is 0 Å². The van der Waals surface area contributed by atoms with Crippen LogP contribution in [0.25, 0.3) is 0 Å². The molecule has 2 aromatic rings. The molecule has 2 aromatic heterocycles. The van der Waals surface area contributed by atoms with E-state index in [0.717, 1.165) is 70.7 Å². The molecule has 4 heterocycles. The molecule has 0 unspecified atom stereocenters. The van der Waals surface area contributed by atoms with E-state index in [9.17, 15) is 4.79 Å². The van der Waals surface area contributed by atoms with Gasteiger partial charge in [0.15, 0.2) is 5.82 Å². The minimum Gasteiger partial charge on any atom is -0.378 e. The van der Waals surface area contributed by atoms with Crippen LogP contribution in [0.15, 0.2) is 17.5 Å². The highest BCUT2D eigenvalue weighted by Gasteiger charge is 2.43. The predicted octanol–water partition coefficient (Wildman–Crippen LogP) is 2.50. The van der Waals surface area contributed by atoms with Crippen molar-refractivity contribution in [1.82, 2.24) is 20.3 Å². The summed E-state index contributed by atoms with van der Waals surface area (Å²) in [6, 6.07) is 4.14. The number of morpholine rings is 1. The molecule has 0 atom stereocenters. The number of aromatic nitrogens is 3. The maximum Gasteiger partial charge on any atom is 0.231 e. The third-order valence-corrected chi connectivity index (χ3v) is 7.71. The quantitative estimate of drug-likeness (QED) is 0.736. The van der Waals surface area contributed by atoms with Gasteiger partial charge in [0.2, 0.25) is 17.8 Å². The van der Waals surface area contributed by atoms with Gasteiger partial charge < -0.3 is 19.9 Å². The molecule has 0 radical (unpaired) electrons. The third-order valence-electron chi connectivity index (χ3n) is 6.63. The van der Waals surface area contributed by atoms with E-state index in [2.05, 4.69) is 26.6 Å². The van der Waals surface area contributed by atoms with E-state index >= 15 is 0 Å². The topological polar surface area (TPSA) is 83.5 Å². The average Bonchev–Trinajstić information content (AvgIpc) is 3.59. The molecular formula is C22H30N6O2S. The maximum absolute atomic E-state index is 13.4. The van der Waals surface area contributed by atoms with Gasteiger partial charge in [0.1, 0.15) is 0 Å². The van der Waals surface area contributed by atoms with E-state index < -0.39 is 5.41 Å². The first kappa shape index (κ1) is 20.6. The van der Waals surface area contributed by atoms with Crippen molar-refractivity contribution in [1.29, 1.82) is 0 Å². The lowest BCUT2D eigenvalue weighted by atomic mass is 9.83. The molecule has 3 aliphatic rings. The summed E-state index contributed by atoms with van der Waals surface area (Å²) in [7, 11) is 0. The highest BCUT2D eigenvalue weighted by Crippen LogP contribution is 2.43. The van der Waals surface area contributed by atoms with Crippen LogP contribution in [0.5, 0.6) is 0 Å². The molecule has 166 valence electrons. The van der Waals surface area contributed by atoms with Crippen LogP contribution in [0.4, 0.5) is 11.9 Å². The van der Waals surface area contributed by atoms with E-state index in [4.69, 9.17) is 19.7 Å². The van der Waals surface area contributed by atoms with Crippen molar-refractivity contribution in [2.24, 2.45) is 0 Å². The molecule has 1 amide bonds. The van der Waals surface area contributed by atoms with Gasteiger partial charge in [-0.15, -0.1) is 11.3 Å². The molecular weight excluding hydrogens is 412 g/mol. The molecule has 8 nitrogen and oxygen atoms in total. The number of nitrogens with one attached hydrogen (secondary N) is 1. The van der Waals surface area contributed by atoms with Gasteiger partial charge in [-0.2, -0.15) is 15.0 Å². The maximum atomic E-state index is 13.4. The Bertz CT molecular complexity index is 887. The van der Waals surface area contributed by atoms with Gasteiger partial charge in [-0.3, -0.25) is 4.79 Å². The van der Waals surface area contributed by atoms with E-state index in [1.165, 1.54) is 4.88 Å². The SMILES string of the molecule is O=C(NCc1nc(N2CCCC2)nc(N2CCOCC2)n1)C1(c2cccs2)CCCC1. The van der Waals surface area contributed by atoms with Crippen LogP contribution in [0.2, 0.25) is 0 Å². The Hall–Kier alpha value is -2.26. The second-order valence-electron chi connectivity index (χ2n) is 8.59. The van der Waals surface area contributed by atoms with E-state index in [0.29, 0.717) is 31.5 Å². The highest BCUT2D eigenvalue weighted by atomic mass is 32.1. The first-order valence-corrected chi connectivity index (χ1v) is 12.3. The lowest BCUT2D eigenvalue weighted by Crippen LogP contribution is -2.42. The summed E-state index contributed by atoms with van der Waals surface area (Å²) >= 11 is 1.68. The van der Waals surface area contributed by atoms with Crippen LogP contribution >= 0.6 is 11.3 Å². The Balaban J connectivity index is 1.36. The number of amides is 1. The highest BCUT2D eigenvalue weighted by molar-refractivity contribution is 7.10. The summed E-state index contributed by atoms with van der Waals surface area (Å²) in [5.74, 6) is 2.15. The zero-order chi connectivity index (χ0) is 21.1. The summed E-state index contributed by atoms with van der Waals surface area (Å²) in [4.78, 5) is 33.1. The third kappa shape index (κ3) is 4.25. The largest absolute Gasteiger partial charge is 0.378 e. The molecule has 1 saturated carbocycles. The number of carbonyl (C=O) groups excluding carboxylic acids is 1. The molecule has 0 spiro atoms. The molecule has 2 saturated heterocycles. The van der Waals surface area contributed by atoms with Crippen LogP contribution < -0.4 is 15.1 Å². The monoisotopic (exact) mass is 442 g/mol. The van der Waals surface area contributed by atoms with Gasteiger partial charge in [0.05, 0.1) is 25.2 Å². The zero-order valence-corrected chi connectivity index (χ0v) is 18.7. The molecule has 1 aliphatic carbocycles. The number of hydrogen-bond acceptors (Lipinski definition) is 8. The molecule has 3 fully saturated rings. The number of ether oxygens (including phenoxy) is 1. The second kappa shape index (κ2) is 9.08. The van der Waals surface area contributed by atoms with Crippen molar-refractivity contribution in [2.45, 2.75) is 50.5 Å². The smallest absolute Gasteiger partial charge is 0.231 e. The lowest BCUT2D eigenvalue weighted by Gasteiger charge is -2.28. The average molecular weight is 443 g/mol. The van der Waals surface area contributed by atoms with E-state index in [-0.39, 0.29) is 5.91 Å². The predicted molar refractivity (Wildman–Crippen MR) is 121 cm³/mol. The molecule has 0 bridgehead atoms. The zero-order valence-electron chi connectivity index (χ0n) is 17.9. The van der Waals surface area contributed by atoms with Crippen LogP contribution in [-0.4, -0.2) is 60.3 Å². The second-order valence-corrected chi connectivity index (χ2v) is 9.54.